The van der Waals surface area contributed by atoms with Gasteiger partial charge in [0.1, 0.15) is 11.1 Å². The van der Waals surface area contributed by atoms with E-state index < -0.39 is 5.25 Å². The van der Waals surface area contributed by atoms with Gasteiger partial charge in [0, 0.05) is 18.7 Å². The van der Waals surface area contributed by atoms with Crippen LogP contribution in [0.3, 0.4) is 0 Å². The second-order valence-electron chi connectivity index (χ2n) is 4.52. The first-order chi connectivity index (χ1) is 9.63. The standard InChI is InChI=1S/C13H12FN3O2S/c14-8-1-3-9(4-2-8)16-11(18)7-10-12(19)17-6-5-15-13(17)20-10/h1-4,10H,5-7H2,(H,16,18)/t10-/m1/s1. The van der Waals surface area contributed by atoms with E-state index in [1.165, 1.54) is 36.0 Å². The van der Waals surface area contributed by atoms with E-state index in [0.717, 1.165) is 5.17 Å². The fourth-order valence-corrected chi connectivity index (χ4v) is 3.32. The summed E-state index contributed by atoms with van der Waals surface area (Å²) in [7, 11) is 0. The third kappa shape index (κ3) is 2.53. The Balaban J connectivity index is 1.59. The highest BCUT2D eigenvalue weighted by molar-refractivity contribution is 8.15. The molecule has 2 amide bonds. The largest absolute Gasteiger partial charge is 0.326 e. The molecule has 0 saturated carbocycles. The number of halogens is 1. The van der Waals surface area contributed by atoms with Crippen LogP contribution in [-0.2, 0) is 9.59 Å². The van der Waals surface area contributed by atoms with E-state index in [0.29, 0.717) is 18.8 Å². The van der Waals surface area contributed by atoms with Crippen molar-refractivity contribution in [2.75, 3.05) is 18.4 Å². The molecule has 1 aromatic rings. The van der Waals surface area contributed by atoms with Crippen LogP contribution in [0.2, 0.25) is 0 Å². The van der Waals surface area contributed by atoms with Gasteiger partial charge in [0.15, 0.2) is 5.17 Å². The summed E-state index contributed by atoms with van der Waals surface area (Å²) in [5.74, 6) is -0.673. The lowest BCUT2D eigenvalue weighted by Gasteiger charge is -2.10. The van der Waals surface area contributed by atoms with Crippen LogP contribution in [0.25, 0.3) is 0 Å². The molecule has 1 aromatic carbocycles. The Bertz CT molecular complexity index is 588. The fraction of sp³-hybridized carbons (Fsp3) is 0.308. The normalized spacial score (nSPS) is 20.9. The molecule has 0 bridgehead atoms. The lowest BCUT2D eigenvalue weighted by Crippen LogP contribution is -2.32. The quantitative estimate of drug-likeness (QED) is 0.918. The molecule has 3 rings (SSSR count). The lowest BCUT2D eigenvalue weighted by atomic mass is 10.2. The highest BCUT2D eigenvalue weighted by Gasteiger charge is 2.40. The zero-order chi connectivity index (χ0) is 14.1. The second kappa shape index (κ2) is 5.24. The van der Waals surface area contributed by atoms with Gasteiger partial charge >= 0.3 is 0 Å². The molecule has 1 N–H and O–H groups in total. The number of nitrogens with one attached hydrogen (secondary N) is 1. The van der Waals surface area contributed by atoms with Crippen LogP contribution in [0.4, 0.5) is 10.1 Å². The molecule has 0 aliphatic carbocycles. The number of amides is 2. The summed E-state index contributed by atoms with van der Waals surface area (Å²) in [6, 6.07) is 5.52. The van der Waals surface area contributed by atoms with E-state index >= 15 is 0 Å². The van der Waals surface area contributed by atoms with Crippen molar-refractivity contribution in [2.45, 2.75) is 11.7 Å². The number of thioether (sulfide) groups is 1. The molecule has 104 valence electrons. The molecular formula is C13H12FN3O2S. The zero-order valence-electron chi connectivity index (χ0n) is 10.5. The maximum absolute atomic E-state index is 12.8. The number of carbonyl (C=O) groups excluding carboxylic acids is 2. The first kappa shape index (κ1) is 13.1. The van der Waals surface area contributed by atoms with Crippen molar-refractivity contribution >= 4 is 34.4 Å². The number of aliphatic imine (C=N–C) groups is 1. The molecule has 2 aliphatic heterocycles. The van der Waals surface area contributed by atoms with Gasteiger partial charge in [0.05, 0.1) is 6.54 Å². The minimum atomic E-state index is -0.408. The van der Waals surface area contributed by atoms with Crippen molar-refractivity contribution in [3.8, 4) is 0 Å². The van der Waals surface area contributed by atoms with Crippen molar-refractivity contribution in [1.29, 1.82) is 0 Å². The molecule has 1 atom stereocenters. The molecule has 2 aliphatic rings. The van der Waals surface area contributed by atoms with Crippen LogP contribution in [0.15, 0.2) is 29.3 Å². The fourth-order valence-electron chi connectivity index (χ4n) is 2.13. The van der Waals surface area contributed by atoms with E-state index in [4.69, 9.17) is 0 Å². The van der Waals surface area contributed by atoms with Gasteiger partial charge in [-0.15, -0.1) is 0 Å². The molecular weight excluding hydrogens is 281 g/mol. The predicted molar refractivity (Wildman–Crippen MR) is 75.0 cm³/mol. The summed E-state index contributed by atoms with van der Waals surface area (Å²) in [4.78, 5) is 29.7. The number of hydrogen-bond acceptors (Lipinski definition) is 4. The highest BCUT2D eigenvalue weighted by Crippen LogP contribution is 2.31. The van der Waals surface area contributed by atoms with Crippen LogP contribution >= 0.6 is 11.8 Å². The van der Waals surface area contributed by atoms with Crippen LogP contribution in [-0.4, -0.2) is 40.2 Å². The molecule has 0 aromatic heterocycles. The number of benzene rings is 1. The summed E-state index contributed by atoms with van der Waals surface area (Å²) in [5.41, 5.74) is 0.518. The number of hydrogen-bond donors (Lipinski definition) is 1. The van der Waals surface area contributed by atoms with Crippen molar-refractivity contribution in [1.82, 2.24) is 4.90 Å². The topological polar surface area (TPSA) is 61.8 Å². The van der Waals surface area contributed by atoms with Crippen molar-refractivity contribution < 1.29 is 14.0 Å². The van der Waals surface area contributed by atoms with E-state index in [1.54, 1.807) is 4.90 Å². The van der Waals surface area contributed by atoms with Gasteiger partial charge in [0.25, 0.3) is 0 Å². The zero-order valence-corrected chi connectivity index (χ0v) is 11.3. The lowest BCUT2D eigenvalue weighted by molar-refractivity contribution is -0.127. The third-order valence-corrected chi connectivity index (χ3v) is 4.30. The first-order valence-corrected chi connectivity index (χ1v) is 7.09. The predicted octanol–water partition coefficient (Wildman–Crippen LogP) is 1.47. The van der Waals surface area contributed by atoms with Crippen LogP contribution in [0.5, 0.6) is 0 Å². The summed E-state index contributed by atoms with van der Waals surface area (Å²) in [6.07, 6.45) is 0.0936. The van der Waals surface area contributed by atoms with E-state index in [1.807, 2.05) is 0 Å². The Morgan fingerprint density at radius 1 is 1.45 bits per heavy atom. The Morgan fingerprint density at radius 3 is 2.90 bits per heavy atom. The number of anilines is 1. The van der Waals surface area contributed by atoms with E-state index in [2.05, 4.69) is 10.3 Å². The average Bonchev–Trinajstić information content (AvgIpc) is 2.97. The number of fused-ring (bicyclic) bond motifs is 1. The van der Waals surface area contributed by atoms with Gasteiger partial charge in [-0.25, -0.2) is 4.39 Å². The molecule has 20 heavy (non-hydrogen) atoms. The molecule has 0 spiro atoms. The van der Waals surface area contributed by atoms with Crippen LogP contribution < -0.4 is 5.32 Å². The van der Waals surface area contributed by atoms with Gasteiger partial charge in [-0.05, 0) is 24.3 Å². The van der Waals surface area contributed by atoms with Gasteiger partial charge in [-0.1, -0.05) is 11.8 Å². The maximum Gasteiger partial charge on any atom is 0.242 e. The minimum absolute atomic E-state index is 0.0551. The molecule has 7 heteroatoms. The molecule has 0 radical (unpaired) electrons. The Hall–Kier alpha value is -1.89. The van der Waals surface area contributed by atoms with Crippen molar-refractivity contribution in [2.24, 2.45) is 4.99 Å². The monoisotopic (exact) mass is 293 g/mol. The average molecular weight is 293 g/mol. The second-order valence-corrected chi connectivity index (χ2v) is 5.69. The van der Waals surface area contributed by atoms with E-state index in [-0.39, 0.29) is 24.1 Å². The summed E-state index contributed by atoms with van der Waals surface area (Å²) >= 11 is 1.34. The highest BCUT2D eigenvalue weighted by atomic mass is 32.2. The molecule has 1 fully saturated rings. The Labute approximate surface area is 119 Å². The summed E-state index contributed by atoms with van der Waals surface area (Å²) in [5, 5.41) is 2.96. The summed E-state index contributed by atoms with van der Waals surface area (Å²) in [6.45, 7) is 1.25. The number of carbonyl (C=O) groups is 2. The van der Waals surface area contributed by atoms with Gasteiger partial charge < -0.3 is 5.32 Å². The number of rotatable bonds is 3. The van der Waals surface area contributed by atoms with Crippen LogP contribution in [0.1, 0.15) is 6.42 Å². The Kier molecular flexibility index (Phi) is 3.43. The molecule has 5 nitrogen and oxygen atoms in total. The number of amidine groups is 1. The molecule has 1 saturated heterocycles. The van der Waals surface area contributed by atoms with Crippen molar-refractivity contribution in [3.63, 3.8) is 0 Å². The molecule has 0 unspecified atom stereocenters. The molecule has 2 heterocycles. The van der Waals surface area contributed by atoms with Crippen LogP contribution in [0, 0.1) is 5.82 Å². The third-order valence-electron chi connectivity index (χ3n) is 3.09. The summed E-state index contributed by atoms with van der Waals surface area (Å²) < 4.78 is 12.8. The first-order valence-electron chi connectivity index (χ1n) is 6.21. The van der Waals surface area contributed by atoms with Crippen molar-refractivity contribution in [3.05, 3.63) is 30.1 Å². The minimum Gasteiger partial charge on any atom is -0.326 e. The maximum atomic E-state index is 12.8. The number of nitrogens with zero attached hydrogens (tertiary/aromatic N) is 2. The van der Waals surface area contributed by atoms with Gasteiger partial charge in [-0.3, -0.25) is 19.5 Å². The van der Waals surface area contributed by atoms with Gasteiger partial charge in [0.2, 0.25) is 11.8 Å². The van der Waals surface area contributed by atoms with Gasteiger partial charge in [-0.2, -0.15) is 0 Å². The smallest absolute Gasteiger partial charge is 0.242 e. The SMILES string of the molecule is O=C(C[C@H]1SC2=NCCN2C1=O)Nc1ccc(F)cc1. The van der Waals surface area contributed by atoms with E-state index in [9.17, 15) is 14.0 Å². The Morgan fingerprint density at radius 2 is 2.20 bits per heavy atom.